The van der Waals surface area contributed by atoms with Crippen LogP contribution in [0.15, 0.2) is 48.5 Å². The maximum absolute atomic E-state index is 11.9. The number of ether oxygens (including phenoxy) is 6. The number of benzene rings is 3. The number of hydrogen-bond acceptors (Lipinski definition) is 8. The van der Waals surface area contributed by atoms with E-state index in [4.69, 9.17) is 28.4 Å². The number of esters is 2. The van der Waals surface area contributed by atoms with Gasteiger partial charge in [-0.15, -0.1) is 0 Å². The zero-order chi connectivity index (χ0) is 27.7. The predicted octanol–water partition coefficient (Wildman–Crippen LogP) is 4.09. The van der Waals surface area contributed by atoms with Crippen molar-refractivity contribution in [1.82, 2.24) is 0 Å². The molecule has 0 saturated heterocycles. The molecule has 0 aliphatic heterocycles. The van der Waals surface area contributed by atoms with Crippen LogP contribution in [0.25, 0.3) is 0 Å². The number of rotatable bonds is 6. The first-order valence-electron chi connectivity index (χ1n) is 11.2. The van der Waals surface area contributed by atoms with Crippen LogP contribution in [-0.2, 0) is 9.47 Å². The quantitative estimate of drug-likeness (QED) is 0.359. The summed E-state index contributed by atoms with van der Waals surface area (Å²) in [5, 5.41) is 0. The largest absolute Gasteiger partial charge is 0.496 e. The van der Waals surface area contributed by atoms with E-state index in [0.29, 0.717) is 56.4 Å². The van der Waals surface area contributed by atoms with Gasteiger partial charge in [0, 0.05) is 34.4 Å². The van der Waals surface area contributed by atoms with Crippen LogP contribution in [0.3, 0.4) is 0 Å². The molecule has 3 aromatic carbocycles. The van der Waals surface area contributed by atoms with Crippen molar-refractivity contribution in [3.8, 4) is 46.7 Å². The highest BCUT2D eigenvalue weighted by Crippen LogP contribution is 2.30. The number of carbonyl (C=O) groups is 2. The summed E-state index contributed by atoms with van der Waals surface area (Å²) in [7, 11) is 8.61. The Labute approximate surface area is 221 Å². The molecule has 0 bridgehead atoms. The van der Waals surface area contributed by atoms with E-state index in [2.05, 4.69) is 23.7 Å². The molecule has 8 nitrogen and oxygen atoms in total. The molecule has 3 rings (SSSR count). The van der Waals surface area contributed by atoms with Crippen LogP contribution in [0.1, 0.15) is 43.0 Å². The Bertz CT molecular complexity index is 1370. The molecule has 3 aromatic rings. The van der Waals surface area contributed by atoms with Crippen molar-refractivity contribution >= 4 is 11.9 Å². The summed E-state index contributed by atoms with van der Waals surface area (Å²) in [5.74, 6) is 13.0. The van der Waals surface area contributed by atoms with Crippen LogP contribution in [0.5, 0.6) is 23.0 Å². The molecule has 0 saturated carbocycles. The van der Waals surface area contributed by atoms with Crippen LogP contribution < -0.4 is 18.9 Å². The number of methoxy groups -OCH3 is 6. The van der Waals surface area contributed by atoms with Crippen LogP contribution in [0.2, 0.25) is 0 Å². The zero-order valence-electron chi connectivity index (χ0n) is 21.9. The number of hydrogen-bond donors (Lipinski definition) is 0. The van der Waals surface area contributed by atoms with E-state index < -0.39 is 11.9 Å². The minimum Gasteiger partial charge on any atom is -0.496 e. The Morgan fingerprint density at radius 2 is 0.868 bits per heavy atom. The lowest BCUT2D eigenvalue weighted by molar-refractivity contribution is 0.0588. The van der Waals surface area contributed by atoms with Crippen LogP contribution in [0, 0.1) is 23.7 Å². The van der Waals surface area contributed by atoms with Gasteiger partial charge in [0.05, 0.1) is 42.7 Å². The summed E-state index contributed by atoms with van der Waals surface area (Å²) in [5.41, 5.74) is 3.00. The van der Waals surface area contributed by atoms with E-state index in [9.17, 15) is 9.59 Å². The smallest absolute Gasteiger partial charge is 0.341 e. The van der Waals surface area contributed by atoms with Gasteiger partial charge in [0.2, 0.25) is 0 Å². The van der Waals surface area contributed by atoms with Crippen molar-refractivity contribution in [2.75, 3.05) is 42.7 Å². The maximum Gasteiger partial charge on any atom is 0.341 e. The summed E-state index contributed by atoms with van der Waals surface area (Å²) in [6, 6.07) is 13.4. The van der Waals surface area contributed by atoms with Crippen molar-refractivity contribution in [3.05, 3.63) is 81.9 Å². The highest BCUT2D eigenvalue weighted by molar-refractivity contribution is 5.93. The third-order valence-corrected chi connectivity index (χ3v) is 5.42. The molecule has 0 radical (unpaired) electrons. The third kappa shape index (κ3) is 6.18. The van der Waals surface area contributed by atoms with Gasteiger partial charge in [0.25, 0.3) is 0 Å². The molecule has 0 heterocycles. The molecule has 0 aliphatic carbocycles. The van der Waals surface area contributed by atoms with E-state index in [1.54, 1.807) is 48.5 Å². The lowest BCUT2D eigenvalue weighted by Crippen LogP contribution is -2.04. The van der Waals surface area contributed by atoms with E-state index in [1.165, 1.54) is 42.7 Å². The molecule has 0 spiro atoms. The minimum atomic E-state index is -0.505. The van der Waals surface area contributed by atoms with Crippen LogP contribution in [0.4, 0.5) is 0 Å². The summed E-state index contributed by atoms with van der Waals surface area (Å²) >= 11 is 0. The molecule has 0 fully saturated rings. The minimum absolute atomic E-state index is 0.298. The highest BCUT2D eigenvalue weighted by Gasteiger charge is 2.14. The molecule has 0 unspecified atom stereocenters. The molecule has 38 heavy (non-hydrogen) atoms. The van der Waals surface area contributed by atoms with Gasteiger partial charge in [-0.2, -0.15) is 0 Å². The van der Waals surface area contributed by atoms with Gasteiger partial charge in [0.1, 0.15) is 22.6 Å². The second-order valence-corrected chi connectivity index (χ2v) is 7.57. The Kier molecular flexibility index (Phi) is 9.23. The predicted molar refractivity (Wildman–Crippen MR) is 140 cm³/mol. The van der Waals surface area contributed by atoms with Gasteiger partial charge >= 0.3 is 11.9 Å². The standard InChI is InChI=1S/C30H26O8/c1-33-25-15-19(9-13-23(25)29(31)37-5)7-11-21-17-27(35-3)28(36-4)18-22(21)12-8-20-10-14-24(30(32)38-6)26(16-20)34-2/h9-10,13-18H,1-6H3. The normalized spacial score (nSPS) is 9.63. The summed E-state index contributed by atoms with van der Waals surface area (Å²) < 4.78 is 31.1. The SMILES string of the molecule is COC(=O)c1ccc(C#Cc2cc(OC)c(OC)cc2C#Cc2ccc(C(=O)OC)c(OC)c2)cc1OC. The molecule has 0 N–H and O–H groups in total. The maximum atomic E-state index is 11.9. The van der Waals surface area contributed by atoms with Crippen molar-refractivity contribution in [2.24, 2.45) is 0 Å². The lowest BCUT2D eigenvalue weighted by Gasteiger charge is -2.09. The summed E-state index contributed by atoms with van der Waals surface area (Å²) in [4.78, 5) is 23.9. The Morgan fingerprint density at radius 1 is 0.500 bits per heavy atom. The lowest BCUT2D eigenvalue weighted by atomic mass is 10.0. The van der Waals surface area contributed by atoms with Crippen molar-refractivity contribution < 1.29 is 38.0 Å². The van der Waals surface area contributed by atoms with Gasteiger partial charge in [-0.3, -0.25) is 0 Å². The second kappa shape index (κ2) is 12.8. The fourth-order valence-corrected chi connectivity index (χ4v) is 3.46. The first-order valence-corrected chi connectivity index (χ1v) is 11.2. The van der Waals surface area contributed by atoms with E-state index >= 15 is 0 Å². The van der Waals surface area contributed by atoms with Gasteiger partial charge in [0.15, 0.2) is 11.5 Å². The highest BCUT2D eigenvalue weighted by atomic mass is 16.5. The monoisotopic (exact) mass is 514 g/mol. The fraction of sp³-hybridized carbons (Fsp3) is 0.200. The molecule has 0 amide bonds. The average Bonchev–Trinajstić information content (AvgIpc) is 2.97. The second-order valence-electron chi connectivity index (χ2n) is 7.57. The van der Waals surface area contributed by atoms with Crippen molar-refractivity contribution in [3.63, 3.8) is 0 Å². The summed E-state index contributed by atoms with van der Waals surface area (Å²) in [6.45, 7) is 0. The Morgan fingerprint density at radius 3 is 1.18 bits per heavy atom. The fourth-order valence-electron chi connectivity index (χ4n) is 3.46. The Hall–Kier alpha value is -5.08. The number of carbonyl (C=O) groups excluding carboxylic acids is 2. The van der Waals surface area contributed by atoms with Gasteiger partial charge < -0.3 is 28.4 Å². The van der Waals surface area contributed by atoms with Crippen LogP contribution in [-0.4, -0.2) is 54.6 Å². The first-order chi connectivity index (χ1) is 18.4. The van der Waals surface area contributed by atoms with E-state index in [0.717, 1.165) is 0 Å². The first kappa shape index (κ1) is 27.5. The van der Waals surface area contributed by atoms with E-state index in [-0.39, 0.29) is 0 Å². The molecular formula is C30H26O8. The van der Waals surface area contributed by atoms with Gasteiger partial charge in [-0.05, 0) is 36.4 Å². The van der Waals surface area contributed by atoms with Gasteiger partial charge in [-0.25, -0.2) is 9.59 Å². The third-order valence-electron chi connectivity index (χ3n) is 5.42. The molecule has 8 heteroatoms. The molecule has 194 valence electrons. The average molecular weight is 515 g/mol. The summed E-state index contributed by atoms with van der Waals surface area (Å²) in [6.07, 6.45) is 0. The topological polar surface area (TPSA) is 89.5 Å². The molecule has 0 aliphatic rings. The van der Waals surface area contributed by atoms with Crippen molar-refractivity contribution in [2.45, 2.75) is 0 Å². The molecule has 0 aromatic heterocycles. The van der Waals surface area contributed by atoms with E-state index in [1.807, 2.05) is 0 Å². The van der Waals surface area contributed by atoms with Gasteiger partial charge in [-0.1, -0.05) is 23.7 Å². The molecular weight excluding hydrogens is 488 g/mol. The van der Waals surface area contributed by atoms with Crippen LogP contribution >= 0.6 is 0 Å². The van der Waals surface area contributed by atoms with Crippen molar-refractivity contribution in [1.29, 1.82) is 0 Å². The Balaban J connectivity index is 2.07. The zero-order valence-corrected chi connectivity index (χ0v) is 21.9. The molecule has 0 atom stereocenters.